The molecule has 9 heteroatoms. The van der Waals surface area contributed by atoms with Gasteiger partial charge >= 0.3 is 0 Å². The number of halogens is 3. The Morgan fingerprint density at radius 1 is 0.974 bits per heavy atom. The first kappa shape index (κ1) is 26.1. The molecule has 0 radical (unpaired) electrons. The first-order valence-corrected chi connectivity index (χ1v) is 13.1. The van der Waals surface area contributed by atoms with Crippen molar-refractivity contribution in [2.45, 2.75) is 43.9 Å². The van der Waals surface area contributed by atoms with Crippen molar-refractivity contribution in [3.8, 4) is 11.6 Å². The minimum atomic E-state index is -2.74. The van der Waals surface area contributed by atoms with E-state index >= 15 is 0 Å². The number of nitrogens with zero attached hydrogens (tertiary/aromatic N) is 2. The molecule has 1 saturated carbocycles. The van der Waals surface area contributed by atoms with Crippen LogP contribution < -0.4 is 10.1 Å². The summed E-state index contributed by atoms with van der Waals surface area (Å²) in [5.74, 6) is -2.44. The van der Waals surface area contributed by atoms with E-state index in [0.29, 0.717) is 46.9 Å². The maximum Gasteiger partial charge on any atom is 0.253 e. The molecular weight excluding hydrogens is 512 g/mol. The Kier molecular flexibility index (Phi) is 7.61. The maximum absolute atomic E-state index is 13.4. The van der Waals surface area contributed by atoms with E-state index in [2.05, 4.69) is 10.3 Å². The number of nitrogens with one attached hydrogen (secondary N) is 1. The van der Waals surface area contributed by atoms with Crippen molar-refractivity contribution in [3.05, 3.63) is 83.0 Å². The lowest BCUT2D eigenvalue weighted by molar-refractivity contribution is -0.120. The number of anilines is 1. The molecule has 1 N–H and O–H groups in total. The van der Waals surface area contributed by atoms with Gasteiger partial charge in [0.1, 0.15) is 5.75 Å². The van der Waals surface area contributed by atoms with Gasteiger partial charge in [0.15, 0.2) is 0 Å². The van der Waals surface area contributed by atoms with E-state index in [9.17, 15) is 18.4 Å². The predicted molar refractivity (Wildman–Crippen MR) is 141 cm³/mol. The number of ether oxygens (including phenoxy) is 1. The normalized spacial score (nSPS) is 19.2. The quantitative estimate of drug-likeness (QED) is 0.369. The molecule has 2 aliphatic rings. The molecule has 38 heavy (non-hydrogen) atoms. The Hall–Kier alpha value is -3.52. The molecule has 1 aliphatic heterocycles. The number of alkyl halides is 2. The second-order valence-electron chi connectivity index (χ2n) is 9.91. The van der Waals surface area contributed by atoms with Gasteiger partial charge in [-0.25, -0.2) is 13.8 Å². The summed E-state index contributed by atoms with van der Waals surface area (Å²) in [6, 6.07) is 17.9. The Labute approximate surface area is 225 Å². The number of benzene rings is 2. The zero-order valence-corrected chi connectivity index (χ0v) is 21.5. The molecule has 1 saturated heterocycles. The van der Waals surface area contributed by atoms with Gasteiger partial charge in [0.2, 0.25) is 17.7 Å². The number of carbonyl (C=O) groups is 2. The van der Waals surface area contributed by atoms with Crippen molar-refractivity contribution in [3.63, 3.8) is 0 Å². The first-order chi connectivity index (χ1) is 18.3. The molecule has 1 unspecified atom stereocenters. The third-order valence-electron chi connectivity index (χ3n) is 7.23. The summed E-state index contributed by atoms with van der Waals surface area (Å²) in [7, 11) is 0. The summed E-state index contributed by atoms with van der Waals surface area (Å²) >= 11 is 5.84. The lowest BCUT2D eigenvalue weighted by atomic mass is 9.89. The lowest BCUT2D eigenvalue weighted by Crippen LogP contribution is -2.37. The molecule has 2 fully saturated rings. The second kappa shape index (κ2) is 11.1. The highest BCUT2D eigenvalue weighted by atomic mass is 35.5. The highest BCUT2D eigenvalue weighted by molar-refractivity contribution is 6.30. The summed E-state index contributed by atoms with van der Waals surface area (Å²) in [5, 5.41) is 3.30. The van der Waals surface area contributed by atoms with Crippen LogP contribution in [0.25, 0.3) is 0 Å². The summed E-state index contributed by atoms with van der Waals surface area (Å²) < 4.78 is 32.5. The zero-order valence-electron chi connectivity index (χ0n) is 20.7. The Bertz CT molecular complexity index is 1280. The Morgan fingerprint density at radius 3 is 2.29 bits per heavy atom. The number of hydrogen-bond acceptors (Lipinski definition) is 4. The second-order valence-corrected chi connectivity index (χ2v) is 10.4. The Morgan fingerprint density at radius 2 is 1.68 bits per heavy atom. The molecule has 2 aromatic carbocycles. The highest BCUT2D eigenvalue weighted by Gasteiger charge is 2.42. The molecule has 198 valence electrons. The molecule has 0 spiro atoms. The van der Waals surface area contributed by atoms with Gasteiger partial charge in [0.05, 0.1) is 5.02 Å². The standard InChI is InChI=1S/C29H28ClF2N3O3/c30-23-5-10-26(33-18-23)38-25-8-3-21(4-9-25)28(37)35-15-12-20(13-16-35)19-1-6-24(7-2-19)34-27(36)22-11-14-29(31,32)17-22/h1-10,18,20,22H,11-17H2,(H,34,36). The average Bonchev–Trinajstić information content (AvgIpc) is 3.30. The van der Waals surface area contributed by atoms with Crippen LogP contribution in [0.4, 0.5) is 14.5 Å². The number of pyridine rings is 1. The van der Waals surface area contributed by atoms with Gasteiger partial charge in [-0.2, -0.15) is 0 Å². The number of amides is 2. The van der Waals surface area contributed by atoms with Gasteiger partial charge < -0.3 is 15.0 Å². The summed E-state index contributed by atoms with van der Waals surface area (Å²) in [5.41, 5.74) is 2.35. The molecule has 2 heterocycles. The third-order valence-corrected chi connectivity index (χ3v) is 7.45. The average molecular weight is 540 g/mol. The van der Waals surface area contributed by atoms with E-state index in [1.807, 2.05) is 29.2 Å². The molecule has 1 aromatic heterocycles. The van der Waals surface area contributed by atoms with Crippen molar-refractivity contribution in [2.24, 2.45) is 5.92 Å². The highest BCUT2D eigenvalue weighted by Crippen LogP contribution is 2.39. The van der Waals surface area contributed by atoms with Crippen LogP contribution in [0.1, 0.15) is 53.9 Å². The smallest absolute Gasteiger partial charge is 0.253 e. The van der Waals surface area contributed by atoms with Crippen LogP contribution in [0.2, 0.25) is 5.02 Å². The Balaban J connectivity index is 1.11. The van der Waals surface area contributed by atoms with Crippen molar-refractivity contribution in [1.82, 2.24) is 9.88 Å². The fraction of sp³-hybridized carbons (Fsp3) is 0.345. The van der Waals surface area contributed by atoms with E-state index in [-0.39, 0.29) is 31.1 Å². The van der Waals surface area contributed by atoms with Crippen LogP contribution >= 0.6 is 11.6 Å². The van der Waals surface area contributed by atoms with Gasteiger partial charge in [0, 0.05) is 55.4 Å². The molecule has 1 aliphatic carbocycles. The van der Waals surface area contributed by atoms with Crippen LogP contribution in [0, 0.1) is 5.92 Å². The largest absolute Gasteiger partial charge is 0.439 e. The number of rotatable bonds is 6. The molecule has 1 atom stereocenters. The SMILES string of the molecule is O=C(Nc1ccc(C2CCN(C(=O)c3ccc(Oc4ccc(Cl)cn4)cc3)CC2)cc1)C1CCC(F)(F)C1. The topological polar surface area (TPSA) is 71.5 Å². The predicted octanol–water partition coefficient (Wildman–Crippen LogP) is 6.92. The maximum atomic E-state index is 13.4. The monoisotopic (exact) mass is 539 g/mol. The van der Waals surface area contributed by atoms with Crippen LogP contribution in [-0.2, 0) is 4.79 Å². The molecular formula is C29H28ClF2N3O3. The number of hydrogen-bond donors (Lipinski definition) is 1. The van der Waals surface area contributed by atoms with Gasteiger partial charge in [-0.1, -0.05) is 23.7 Å². The van der Waals surface area contributed by atoms with Gasteiger partial charge in [-0.05, 0) is 73.2 Å². The lowest BCUT2D eigenvalue weighted by Gasteiger charge is -2.32. The van der Waals surface area contributed by atoms with Gasteiger partial charge in [-0.15, -0.1) is 0 Å². The number of aromatic nitrogens is 1. The molecule has 2 amide bonds. The van der Waals surface area contributed by atoms with Crippen molar-refractivity contribution >= 4 is 29.1 Å². The van der Waals surface area contributed by atoms with Crippen molar-refractivity contribution in [1.29, 1.82) is 0 Å². The van der Waals surface area contributed by atoms with Crippen LogP contribution in [0.5, 0.6) is 11.6 Å². The van der Waals surface area contributed by atoms with Crippen molar-refractivity contribution < 1.29 is 23.1 Å². The third kappa shape index (κ3) is 6.30. The van der Waals surface area contributed by atoms with Crippen molar-refractivity contribution in [2.75, 3.05) is 18.4 Å². The van der Waals surface area contributed by atoms with Crippen LogP contribution in [0.15, 0.2) is 66.9 Å². The van der Waals surface area contributed by atoms with E-state index in [0.717, 1.165) is 18.4 Å². The van der Waals surface area contributed by atoms with Gasteiger partial charge in [-0.3, -0.25) is 9.59 Å². The zero-order chi connectivity index (χ0) is 26.7. The molecule has 3 aromatic rings. The number of likely N-dealkylation sites (tertiary alicyclic amines) is 1. The van der Waals surface area contributed by atoms with Crippen LogP contribution in [0.3, 0.4) is 0 Å². The number of piperidine rings is 1. The van der Waals surface area contributed by atoms with E-state index < -0.39 is 11.8 Å². The van der Waals surface area contributed by atoms with Gasteiger partial charge in [0.25, 0.3) is 5.91 Å². The summed E-state index contributed by atoms with van der Waals surface area (Å²) in [6.45, 7) is 1.29. The van der Waals surface area contributed by atoms with E-state index in [4.69, 9.17) is 16.3 Å². The fourth-order valence-electron chi connectivity index (χ4n) is 5.06. The molecule has 5 rings (SSSR count). The fourth-order valence-corrected chi connectivity index (χ4v) is 5.18. The van der Waals surface area contributed by atoms with E-state index in [1.54, 1.807) is 36.4 Å². The van der Waals surface area contributed by atoms with Crippen LogP contribution in [-0.4, -0.2) is 40.7 Å². The molecule has 0 bridgehead atoms. The minimum Gasteiger partial charge on any atom is -0.439 e. The van der Waals surface area contributed by atoms with E-state index in [1.165, 1.54) is 6.20 Å². The number of carbonyl (C=O) groups excluding carboxylic acids is 2. The minimum absolute atomic E-state index is 0.0184. The first-order valence-electron chi connectivity index (χ1n) is 12.7. The molecule has 6 nitrogen and oxygen atoms in total. The summed E-state index contributed by atoms with van der Waals surface area (Å²) in [4.78, 5) is 31.3. The summed E-state index contributed by atoms with van der Waals surface area (Å²) in [6.07, 6.45) is 2.77.